The van der Waals surface area contributed by atoms with Gasteiger partial charge in [0, 0.05) is 9.86 Å². The Hall–Kier alpha value is -1.72. The lowest BCUT2D eigenvalue weighted by Crippen LogP contribution is -2.05. The first-order valence-electron chi connectivity index (χ1n) is 6.36. The molecular weight excluding hydrogens is 350 g/mol. The number of carbonyl (C=O) groups is 1. The summed E-state index contributed by atoms with van der Waals surface area (Å²) < 4.78 is 0.861. The number of fused-ring (bicyclic) bond motifs is 1. The monoisotopic (exact) mass is 361 g/mol. The molecule has 5 heteroatoms. The van der Waals surface area contributed by atoms with Crippen LogP contribution in [-0.2, 0) is 0 Å². The van der Waals surface area contributed by atoms with Crippen LogP contribution in [0.5, 0.6) is 0 Å². The zero-order valence-electron chi connectivity index (χ0n) is 11.5. The number of carboxylic acids is 1. The van der Waals surface area contributed by atoms with Crippen LogP contribution in [0.1, 0.15) is 21.5 Å². The van der Waals surface area contributed by atoms with Crippen molar-refractivity contribution in [3.63, 3.8) is 0 Å². The molecule has 0 aliphatic carbocycles. The molecule has 0 aliphatic heterocycles. The maximum absolute atomic E-state index is 11.7. The van der Waals surface area contributed by atoms with E-state index in [-0.39, 0.29) is 0 Å². The molecule has 106 valence electrons. The number of carboxylic acid groups (broad SMARTS) is 1. The summed E-state index contributed by atoms with van der Waals surface area (Å²) in [7, 11) is 0. The van der Waals surface area contributed by atoms with Gasteiger partial charge in [0.2, 0.25) is 0 Å². The average Bonchev–Trinajstić information content (AvgIpc) is 2.91. The Morgan fingerprint density at radius 1 is 1.33 bits per heavy atom. The molecule has 0 fully saturated rings. The summed E-state index contributed by atoms with van der Waals surface area (Å²) in [6.07, 6.45) is 0. The van der Waals surface area contributed by atoms with E-state index in [9.17, 15) is 9.90 Å². The second-order valence-corrected chi connectivity index (χ2v) is 6.73. The third-order valence-electron chi connectivity index (χ3n) is 3.46. The number of pyridine rings is 1. The summed E-state index contributed by atoms with van der Waals surface area (Å²) in [6.45, 7) is 3.76. The molecule has 0 atom stereocenters. The minimum atomic E-state index is -0.921. The van der Waals surface area contributed by atoms with Gasteiger partial charge in [-0.25, -0.2) is 9.78 Å². The Bertz CT molecular complexity index is 857. The Labute approximate surface area is 134 Å². The van der Waals surface area contributed by atoms with E-state index in [2.05, 4.69) is 15.9 Å². The van der Waals surface area contributed by atoms with Gasteiger partial charge in [0.05, 0.1) is 21.7 Å². The van der Waals surface area contributed by atoms with Gasteiger partial charge in [0.1, 0.15) is 0 Å². The highest BCUT2D eigenvalue weighted by Gasteiger charge is 2.20. The quantitative estimate of drug-likeness (QED) is 0.695. The Morgan fingerprint density at radius 3 is 2.71 bits per heavy atom. The first kappa shape index (κ1) is 14.2. The zero-order chi connectivity index (χ0) is 15.1. The second kappa shape index (κ2) is 5.24. The molecule has 1 N–H and O–H groups in total. The van der Waals surface area contributed by atoms with E-state index in [0.717, 1.165) is 26.1 Å². The van der Waals surface area contributed by atoms with Gasteiger partial charge in [0.15, 0.2) is 0 Å². The van der Waals surface area contributed by atoms with Crippen LogP contribution in [-0.4, -0.2) is 16.1 Å². The Morgan fingerprint density at radius 2 is 2.10 bits per heavy atom. The van der Waals surface area contributed by atoms with E-state index in [1.165, 1.54) is 0 Å². The molecule has 2 aromatic heterocycles. The number of aromatic carboxylic acids is 1. The molecule has 1 aromatic carbocycles. The third-order valence-corrected chi connectivity index (χ3v) is 4.79. The smallest absolute Gasteiger partial charge is 0.336 e. The van der Waals surface area contributed by atoms with Crippen molar-refractivity contribution in [2.45, 2.75) is 13.8 Å². The predicted octanol–water partition coefficient (Wildman–Crippen LogP) is 5.04. The largest absolute Gasteiger partial charge is 0.478 e. The highest BCUT2D eigenvalue weighted by molar-refractivity contribution is 9.10. The van der Waals surface area contributed by atoms with E-state index >= 15 is 0 Å². The van der Waals surface area contributed by atoms with Crippen LogP contribution in [0.25, 0.3) is 21.5 Å². The summed E-state index contributed by atoms with van der Waals surface area (Å²) in [6, 6.07) is 7.68. The van der Waals surface area contributed by atoms with Crippen LogP contribution in [0, 0.1) is 13.8 Å². The summed E-state index contributed by atoms with van der Waals surface area (Å²) in [5.41, 5.74) is 3.48. The van der Waals surface area contributed by atoms with Crippen LogP contribution in [0.3, 0.4) is 0 Å². The van der Waals surface area contributed by atoms with Gasteiger partial charge in [-0.1, -0.05) is 22.0 Å². The van der Waals surface area contributed by atoms with Gasteiger partial charge in [-0.05, 0) is 48.6 Å². The molecule has 0 aliphatic rings. The lowest BCUT2D eigenvalue weighted by Gasteiger charge is -2.12. The molecular formula is C16H12BrNO2S. The normalized spacial score (nSPS) is 11.0. The topological polar surface area (TPSA) is 50.2 Å². The molecule has 3 aromatic rings. The van der Waals surface area contributed by atoms with E-state index in [1.807, 2.05) is 43.5 Å². The van der Waals surface area contributed by atoms with Crippen molar-refractivity contribution in [3.8, 4) is 10.6 Å². The van der Waals surface area contributed by atoms with Crippen LogP contribution < -0.4 is 0 Å². The first-order chi connectivity index (χ1) is 9.99. The number of aryl methyl sites for hydroxylation is 1. The van der Waals surface area contributed by atoms with Crippen molar-refractivity contribution in [1.82, 2.24) is 4.98 Å². The lowest BCUT2D eigenvalue weighted by molar-refractivity contribution is 0.0698. The molecule has 2 heterocycles. The molecule has 0 saturated carbocycles. The second-order valence-electron chi connectivity index (χ2n) is 4.86. The Kier molecular flexibility index (Phi) is 3.55. The van der Waals surface area contributed by atoms with Crippen LogP contribution >= 0.6 is 27.3 Å². The highest BCUT2D eigenvalue weighted by atomic mass is 79.9. The standard InChI is InChI=1S/C16H12BrNO2S/c1-8-6-10(17)7-11-13(16(19)20)9(2)15(18-14(8)11)12-4-3-5-21-12/h3-7H,1-2H3,(H,19,20). The summed E-state index contributed by atoms with van der Waals surface area (Å²) in [5, 5.41) is 12.3. The number of aromatic nitrogens is 1. The lowest BCUT2D eigenvalue weighted by atomic mass is 9.99. The van der Waals surface area contributed by atoms with Crippen molar-refractivity contribution >= 4 is 44.1 Å². The minimum Gasteiger partial charge on any atom is -0.478 e. The molecule has 21 heavy (non-hydrogen) atoms. The third kappa shape index (κ3) is 2.36. The Balaban J connectivity index is 2.48. The SMILES string of the molecule is Cc1c(-c2cccs2)nc2c(C)cc(Br)cc2c1C(=O)O. The van der Waals surface area contributed by atoms with Gasteiger partial charge in [-0.15, -0.1) is 11.3 Å². The van der Waals surface area contributed by atoms with Gasteiger partial charge in [-0.2, -0.15) is 0 Å². The zero-order valence-corrected chi connectivity index (χ0v) is 13.9. The number of nitrogens with zero attached hydrogens (tertiary/aromatic N) is 1. The summed E-state index contributed by atoms with van der Waals surface area (Å²) in [4.78, 5) is 17.5. The van der Waals surface area contributed by atoms with Gasteiger partial charge >= 0.3 is 5.97 Å². The average molecular weight is 362 g/mol. The van der Waals surface area contributed by atoms with Crippen molar-refractivity contribution in [3.05, 3.63) is 50.8 Å². The molecule has 0 amide bonds. The highest BCUT2D eigenvalue weighted by Crippen LogP contribution is 2.34. The van der Waals surface area contributed by atoms with E-state index < -0.39 is 5.97 Å². The van der Waals surface area contributed by atoms with Crippen molar-refractivity contribution < 1.29 is 9.90 Å². The molecule has 3 rings (SSSR count). The van der Waals surface area contributed by atoms with Crippen LogP contribution in [0.2, 0.25) is 0 Å². The van der Waals surface area contributed by atoms with E-state index in [0.29, 0.717) is 16.5 Å². The fourth-order valence-electron chi connectivity index (χ4n) is 2.52. The molecule has 0 radical (unpaired) electrons. The fourth-order valence-corrected chi connectivity index (χ4v) is 3.86. The number of rotatable bonds is 2. The van der Waals surface area contributed by atoms with E-state index in [1.54, 1.807) is 11.3 Å². The van der Waals surface area contributed by atoms with Gasteiger partial charge in [-0.3, -0.25) is 0 Å². The number of benzene rings is 1. The number of thiophene rings is 1. The summed E-state index contributed by atoms with van der Waals surface area (Å²) >= 11 is 4.99. The van der Waals surface area contributed by atoms with Crippen LogP contribution in [0.15, 0.2) is 34.1 Å². The minimum absolute atomic E-state index is 0.327. The van der Waals surface area contributed by atoms with Crippen molar-refractivity contribution in [2.75, 3.05) is 0 Å². The molecule has 0 saturated heterocycles. The predicted molar refractivity (Wildman–Crippen MR) is 89.2 cm³/mol. The van der Waals surface area contributed by atoms with E-state index in [4.69, 9.17) is 4.98 Å². The fraction of sp³-hybridized carbons (Fsp3) is 0.125. The molecule has 0 bridgehead atoms. The number of hydrogen-bond acceptors (Lipinski definition) is 3. The van der Waals surface area contributed by atoms with Gasteiger partial charge < -0.3 is 5.11 Å². The molecule has 0 spiro atoms. The van der Waals surface area contributed by atoms with Gasteiger partial charge in [0.25, 0.3) is 0 Å². The first-order valence-corrected chi connectivity index (χ1v) is 8.04. The molecule has 0 unspecified atom stereocenters. The maximum Gasteiger partial charge on any atom is 0.336 e. The van der Waals surface area contributed by atoms with Crippen molar-refractivity contribution in [1.29, 1.82) is 0 Å². The summed E-state index contributed by atoms with van der Waals surface area (Å²) in [5.74, 6) is -0.921. The molecule has 3 nitrogen and oxygen atoms in total. The number of halogens is 1. The maximum atomic E-state index is 11.7. The van der Waals surface area contributed by atoms with Crippen molar-refractivity contribution in [2.24, 2.45) is 0 Å². The number of hydrogen-bond donors (Lipinski definition) is 1. The van der Waals surface area contributed by atoms with Crippen LogP contribution in [0.4, 0.5) is 0 Å².